The largest absolute Gasteiger partial charge is 0.396 e. The molecular formula is C12H20FN3O4. The third-order valence-corrected chi connectivity index (χ3v) is 3.13. The molecule has 1 heterocycles. The van der Waals surface area contributed by atoms with Crippen LogP contribution in [0.15, 0.2) is 11.0 Å². The van der Waals surface area contributed by atoms with E-state index < -0.39 is 35.1 Å². The molecule has 1 rings (SSSR count). The van der Waals surface area contributed by atoms with Gasteiger partial charge in [-0.3, -0.25) is 4.57 Å². The molecule has 0 spiro atoms. The lowest BCUT2D eigenvalue weighted by molar-refractivity contribution is -0.128. The van der Waals surface area contributed by atoms with Gasteiger partial charge in [-0.2, -0.15) is 4.98 Å². The first-order valence-corrected chi connectivity index (χ1v) is 6.14. The average Bonchev–Trinajstić information content (AvgIpc) is 2.39. The van der Waals surface area contributed by atoms with E-state index in [1.54, 1.807) is 13.8 Å². The number of anilines is 1. The number of nitrogen functional groups attached to an aromatic ring is 1. The van der Waals surface area contributed by atoms with Crippen LogP contribution in [0, 0.1) is 11.2 Å². The van der Waals surface area contributed by atoms with Crippen molar-refractivity contribution in [3.05, 3.63) is 22.5 Å². The Morgan fingerprint density at radius 1 is 1.55 bits per heavy atom. The number of nitrogens with two attached hydrogens (primary N) is 1. The maximum atomic E-state index is 13.3. The van der Waals surface area contributed by atoms with Crippen molar-refractivity contribution in [2.24, 2.45) is 5.41 Å². The summed E-state index contributed by atoms with van der Waals surface area (Å²) < 4.78 is 19.8. The zero-order chi connectivity index (χ0) is 15.5. The van der Waals surface area contributed by atoms with Crippen LogP contribution in [0.4, 0.5) is 10.2 Å². The number of halogens is 1. The summed E-state index contributed by atoms with van der Waals surface area (Å²) in [5.74, 6) is -1.31. The zero-order valence-electron chi connectivity index (χ0n) is 11.7. The third-order valence-electron chi connectivity index (χ3n) is 3.13. The Labute approximate surface area is 115 Å². The third kappa shape index (κ3) is 3.53. The van der Waals surface area contributed by atoms with E-state index >= 15 is 0 Å². The Hall–Kier alpha value is -1.51. The second-order valence-electron chi connectivity index (χ2n) is 5.22. The SMILES string of the molecule is CC(OC(CO)C(C)(C)CO)n1cc(F)c(N)nc1=O. The number of hydrogen-bond acceptors (Lipinski definition) is 6. The summed E-state index contributed by atoms with van der Waals surface area (Å²) in [4.78, 5) is 15.0. The van der Waals surface area contributed by atoms with Crippen LogP contribution in [0.25, 0.3) is 0 Å². The van der Waals surface area contributed by atoms with Crippen LogP contribution in [0.3, 0.4) is 0 Å². The van der Waals surface area contributed by atoms with E-state index in [-0.39, 0.29) is 13.2 Å². The standard InChI is InChI=1S/C12H20FN3O4/c1-7(20-9(5-17)12(2,3)6-18)16-4-8(13)10(14)15-11(16)19/h4,7,9,17-18H,5-6H2,1-3H3,(H2,14,15,19). The van der Waals surface area contributed by atoms with Gasteiger partial charge in [0.15, 0.2) is 11.6 Å². The fourth-order valence-electron chi connectivity index (χ4n) is 1.60. The van der Waals surface area contributed by atoms with E-state index in [0.717, 1.165) is 10.8 Å². The lowest BCUT2D eigenvalue weighted by Gasteiger charge is -2.33. The number of aromatic nitrogens is 2. The van der Waals surface area contributed by atoms with Crippen molar-refractivity contribution in [1.82, 2.24) is 9.55 Å². The molecule has 2 unspecified atom stereocenters. The Bertz CT molecular complexity index is 518. The van der Waals surface area contributed by atoms with E-state index in [4.69, 9.17) is 10.5 Å². The van der Waals surface area contributed by atoms with Gasteiger partial charge in [0.2, 0.25) is 0 Å². The van der Waals surface area contributed by atoms with Gasteiger partial charge in [0.1, 0.15) is 6.23 Å². The molecule has 0 radical (unpaired) electrons. The quantitative estimate of drug-likeness (QED) is 0.673. The molecule has 114 valence electrons. The van der Waals surface area contributed by atoms with Crippen LogP contribution in [-0.4, -0.2) is 39.1 Å². The second kappa shape index (κ2) is 6.29. The van der Waals surface area contributed by atoms with E-state index in [1.807, 2.05) is 0 Å². The van der Waals surface area contributed by atoms with E-state index in [1.165, 1.54) is 6.92 Å². The topological polar surface area (TPSA) is 111 Å². The van der Waals surface area contributed by atoms with Gasteiger partial charge in [-0.1, -0.05) is 13.8 Å². The highest BCUT2D eigenvalue weighted by Gasteiger charge is 2.31. The first-order chi connectivity index (χ1) is 9.22. The molecule has 0 aliphatic rings. The molecular weight excluding hydrogens is 269 g/mol. The van der Waals surface area contributed by atoms with Crippen LogP contribution < -0.4 is 11.4 Å². The number of ether oxygens (including phenoxy) is 1. The molecule has 0 aliphatic carbocycles. The van der Waals surface area contributed by atoms with Gasteiger partial charge in [-0.25, -0.2) is 9.18 Å². The van der Waals surface area contributed by atoms with Gasteiger partial charge in [0, 0.05) is 5.41 Å². The van der Waals surface area contributed by atoms with Gasteiger partial charge < -0.3 is 20.7 Å². The Morgan fingerprint density at radius 2 is 2.15 bits per heavy atom. The van der Waals surface area contributed by atoms with Crippen molar-refractivity contribution in [3.63, 3.8) is 0 Å². The summed E-state index contributed by atoms with van der Waals surface area (Å²) in [6, 6.07) is 0. The number of rotatable bonds is 6. The summed E-state index contributed by atoms with van der Waals surface area (Å²) >= 11 is 0. The van der Waals surface area contributed by atoms with Gasteiger partial charge in [0.25, 0.3) is 0 Å². The summed E-state index contributed by atoms with van der Waals surface area (Å²) in [6.45, 7) is 4.34. The van der Waals surface area contributed by atoms with E-state index in [2.05, 4.69) is 4.98 Å². The molecule has 1 aromatic rings. The molecule has 0 saturated heterocycles. The van der Waals surface area contributed by atoms with Crippen LogP contribution in [0.5, 0.6) is 0 Å². The zero-order valence-corrected chi connectivity index (χ0v) is 11.7. The first-order valence-electron chi connectivity index (χ1n) is 6.14. The molecule has 2 atom stereocenters. The van der Waals surface area contributed by atoms with Gasteiger partial charge >= 0.3 is 5.69 Å². The molecule has 4 N–H and O–H groups in total. The lowest BCUT2D eigenvalue weighted by Crippen LogP contribution is -2.40. The molecule has 0 bridgehead atoms. The molecule has 0 saturated carbocycles. The highest BCUT2D eigenvalue weighted by Crippen LogP contribution is 2.25. The molecule has 0 aliphatic heterocycles. The summed E-state index contributed by atoms with van der Waals surface area (Å²) in [5, 5.41) is 18.6. The van der Waals surface area contributed by atoms with Crippen molar-refractivity contribution < 1.29 is 19.3 Å². The minimum absolute atomic E-state index is 0.214. The summed E-state index contributed by atoms with van der Waals surface area (Å²) in [6.07, 6.45) is -0.696. The molecule has 7 nitrogen and oxygen atoms in total. The van der Waals surface area contributed by atoms with E-state index in [9.17, 15) is 19.4 Å². The molecule has 0 aromatic carbocycles. The van der Waals surface area contributed by atoms with Crippen molar-refractivity contribution in [3.8, 4) is 0 Å². The van der Waals surface area contributed by atoms with Crippen molar-refractivity contribution in [2.75, 3.05) is 18.9 Å². The monoisotopic (exact) mass is 289 g/mol. The van der Waals surface area contributed by atoms with Crippen LogP contribution >= 0.6 is 0 Å². The number of hydrogen-bond donors (Lipinski definition) is 3. The highest BCUT2D eigenvalue weighted by molar-refractivity contribution is 5.26. The molecule has 8 heteroatoms. The fourth-order valence-corrected chi connectivity index (χ4v) is 1.60. The normalized spacial score (nSPS) is 15.1. The van der Waals surface area contributed by atoms with Gasteiger partial charge in [-0.05, 0) is 6.92 Å². The first kappa shape index (κ1) is 16.5. The highest BCUT2D eigenvalue weighted by atomic mass is 19.1. The average molecular weight is 289 g/mol. The van der Waals surface area contributed by atoms with E-state index in [0.29, 0.717) is 0 Å². The summed E-state index contributed by atoms with van der Waals surface area (Å²) in [7, 11) is 0. The number of aliphatic hydroxyl groups is 2. The smallest absolute Gasteiger partial charge is 0.351 e. The Kier molecular flexibility index (Phi) is 5.21. The number of nitrogens with zero attached hydrogens (tertiary/aromatic N) is 2. The van der Waals surface area contributed by atoms with Crippen molar-refractivity contribution in [2.45, 2.75) is 33.1 Å². The molecule has 0 amide bonds. The summed E-state index contributed by atoms with van der Waals surface area (Å²) in [5.41, 5.74) is 3.72. The predicted molar refractivity (Wildman–Crippen MR) is 70.4 cm³/mol. The maximum Gasteiger partial charge on any atom is 0.351 e. The fraction of sp³-hybridized carbons (Fsp3) is 0.667. The molecule has 0 fully saturated rings. The number of aliphatic hydroxyl groups excluding tert-OH is 2. The minimum Gasteiger partial charge on any atom is -0.396 e. The van der Waals surface area contributed by atoms with Gasteiger partial charge in [0.05, 0.1) is 25.5 Å². The Morgan fingerprint density at radius 3 is 2.65 bits per heavy atom. The minimum atomic E-state index is -0.868. The van der Waals surface area contributed by atoms with Crippen LogP contribution in [0.1, 0.15) is 27.0 Å². The van der Waals surface area contributed by atoms with Crippen molar-refractivity contribution in [1.29, 1.82) is 0 Å². The molecule has 1 aromatic heterocycles. The Balaban J connectivity index is 2.99. The molecule has 20 heavy (non-hydrogen) atoms. The second-order valence-corrected chi connectivity index (χ2v) is 5.22. The van der Waals surface area contributed by atoms with Crippen LogP contribution in [0.2, 0.25) is 0 Å². The van der Waals surface area contributed by atoms with Crippen molar-refractivity contribution >= 4 is 5.82 Å². The predicted octanol–water partition coefficient (Wildman–Crippen LogP) is -0.121. The van der Waals surface area contributed by atoms with Gasteiger partial charge in [-0.15, -0.1) is 0 Å². The van der Waals surface area contributed by atoms with Crippen LogP contribution in [-0.2, 0) is 4.74 Å². The maximum absolute atomic E-state index is 13.3. The lowest BCUT2D eigenvalue weighted by atomic mass is 9.88.